The predicted octanol–water partition coefficient (Wildman–Crippen LogP) is 1.92. The van der Waals surface area contributed by atoms with Crippen molar-refractivity contribution in [2.75, 3.05) is 26.5 Å². The van der Waals surface area contributed by atoms with Gasteiger partial charge in [-0.3, -0.25) is 0 Å². The molecule has 1 aliphatic carbocycles. The number of benzene rings is 1. The number of anilines is 1. The lowest BCUT2D eigenvalue weighted by Gasteiger charge is -2.15. The van der Waals surface area contributed by atoms with Gasteiger partial charge in [-0.1, -0.05) is 0 Å². The molecule has 6 heteroatoms. The van der Waals surface area contributed by atoms with Gasteiger partial charge in [0.25, 0.3) is 0 Å². The lowest BCUT2D eigenvalue weighted by atomic mass is 10.2. The van der Waals surface area contributed by atoms with Gasteiger partial charge in [0.05, 0.1) is 11.0 Å². The van der Waals surface area contributed by atoms with Gasteiger partial charge in [0.1, 0.15) is 0 Å². The van der Waals surface area contributed by atoms with Gasteiger partial charge in [0.15, 0.2) is 0 Å². The number of hydrogen-bond donors (Lipinski definition) is 1. The van der Waals surface area contributed by atoms with Gasteiger partial charge in [-0.05, 0) is 43.5 Å². The average Bonchev–Trinajstić information content (AvgIpc) is 2.87. The third-order valence-corrected chi connectivity index (χ3v) is 5.55. The van der Waals surface area contributed by atoms with Crippen LogP contribution in [0.15, 0.2) is 29.2 Å². The van der Waals surface area contributed by atoms with Crippen molar-refractivity contribution in [2.24, 2.45) is 0 Å². The second kappa shape index (κ2) is 6.11. The van der Waals surface area contributed by atoms with Crippen LogP contribution in [0.25, 0.3) is 0 Å². The maximum atomic E-state index is 12.0. The molecule has 20 heavy (non-hydrogen) atoms. The summed E-state index contributed by atoms with van der Waals surface area (Å²) in [6.45, 7) is 0. The summed E-state index contributed by atoms with van der Waals surface area (Å²) in [5.74, 6) is 0. The summed E-state index contributed by atoms with van der Waals surface area (Å²) in [6.07, 6.45) is 3.48. The van der Waals surface area contributed by atoms with Crippen molar-refractivity contribution in [1.82, 2.24) is 4.31 Å². The van der Waals surface area contributed by atoms with E-state index in [9.17, 15) is 8.42 Å². The van der Waals surface area contributed by atoms with Gasteiger partial charge in [0, 0.05) is 32.9 Å². The van der Waals surface area contributed by atoms with E-state index in [4.69, 9.17) is 4.74 Å². The van der Waals surface area contributed by atoms with E-state index in [0.717, 1.165) is 24.9 Å². The first-order valence-electron chi connectivity index (χ1n) is 6.75. The van der Waals surface area contributed by atoms with E-state index in [1.807, 2.05) is 12.1 Å². The lowest BCUT2D eigenvalue weighted by Crippen LogP contribution is -2.22. The molecule has 0 aromatic heterocycles. The Morgan fingerprint density at radius 2 is 1.85 bits per heavy atom. The molecule has 2 atom stereocenters. The average molecular weight is 298 g/mol. The zero-order chi connectivity index (χ0) is 14.8. The van der Waals surface area contributed by atoms with Gasteiger partial charge in [0.2, 0.25) is 10.0 Å². The fraction of sp³-hybridized carbons (Fsp3) is 0.571. The molecule has 5 nitrogen and oxygen atoms in total. The van der Waals surface area contributed by atoms with Crippen LogP contribution >= 0.6 is 0 Å². The number of nitrogens with zero attached hydrogens (tertiary/aromatic N) is 1. The minimum atomic E-state index is -3.35. The summed E-state index contributed by atoms with van der Waals surface area (Å²) in [4.78, 5) is 0.314. The van der Waals surface area contributed by atoms with Crippen molar-refractivity contribution >= 4 is 15.7 Å². The fourth-order valence-corrected chi connectivity index (χ4v) is 3.36. The highest BCUT2D eigenvalue weighted by atomic mass is 32.2. The number of rotatable bonds is 5. The Bertz CT molecular complexity index is 540. The molecule has 1 N–H and O–H groups in total. The van der Waals surface area contributed by atoms with Gasteiger partial charge in [-0.25, -0.2) is 12.7 Å². The summed E-state index contributed by atoms with van der Waals surface area (Å²) in [6, 6.07) is 7.31. The third-order valence-electron chi connectivity index (χ3n) is 3.72. The first-order valence-corrected chi connectivity index (χ1v) is 8.19. The number of methoxy groups -OCH3 is 1. The monoisotopic (exact) mass is 298 g/mol. The van der Waals surface area contributed by atoms with E-state index in [0.29, 0.717) is 17.0 Å². The van der Waals surface area contributed by atoms with E-state index < -0.39 is 10.0 Å². The molecule has 1 fully saturated rings. The summed E-state index contributed by atoms with van der Waals surface area (Å²) < 4.78 is 30.5. The van der Waals surface area contributed by atoms with Crippen LogP contribution in [0.4, 0.5) is 5.69 Å². The summed E-state index contributed by atoms with van der Waals surface area (Å²) in [5.41, 5.74) is 0.949. The molecule has 0 amide bonds. The van der Waals surface area contributed by atoms with Gasteiger partial charge in [-0.2, -0.15) is 0 Å². The first-order chi connectivity index (χ1) is 9.43. The molecule has 0 spiro atoms. The van der Waals surface area contributed by atoms with Gasteiger partial charge >= 0.3 is 0 Å². The Labute approximate surface area is 121 Å². The Morgan fingerprint density at radius 1 is 1.20 bits per heavy atom. The highest BCUT2D eigenvalue weighted by Gasteiger charge is 2.24. The van der Waals surface area contributed by atoms with Crippen molar-refractivity contribution in [3.63, 3.8) is 0 Å². The molecule has 112 valence electrons. The molecule has 0 aliphatic heterocycles. The topological polar surface area (TPSA) is 58.6 Å². The van der Waals surface area contributed by atoms with E-state index in [2.05, 4.69) is 5.32 Å². The van der Waals surface area contributed by atoms with E-state index in [-0.39, 0.29) is 0 Å². The molecule has 0 saturated heterocycles. The zero-order valence-corrected chi connectivity index (χ0v) is 13.0. The molecule has 1 aromatic carbocycles. The van der Waals surface area contributed by atoms with Crippen LogP contribution in [0.3, 0.4) is 0 Å². The van der Waals surface area contributed by atoms with Crippen molar-refractivity contribution in [3.05, 3.63) is 24.3 Å². The fourth-order valence-electron chi connectivity index (χ4n) is 2.45. The smallest absolute Gasteiger partial charge is 0.242 e. The van der Waals surface area contributed by atoms with Gasteiger partial charge < -0.3 is 10.1 Å². The molecule has 0 heterocycles. The molecule has 1 aliphatic rings. The molecule has 1 aromatic rings. The molecule has 0 radical (unpaired) electrons. The maximum absolute atomic E-state index is 12.0. The van der Waals surface area contributed by atoms with Crippen molar-refractivity contribution in [2.45, 2.75) is 36.3 Å². The summed E-state index contributed by atoms with van der Waals surface area (Å²) >= 11 is 0. The Hall–Kier alpha value is -1.11. The zero-order valence-electron chi connectivity index (χ0n) is 12.2. The molecule has 2 unspecified atom stereocenters. The largest absolute Gasteiger partial charge is 0.382 e. The number of hydrogen-bond acceptors (Lipinski definition) is 4. The Morgan fingerprint density at radius 3 is 2.35 bits per heavy atom. The highest BCUT2D eigenvalue weighted by molar-refractivity contribution is 7.89. The van der Waals surface area contributed by atoms with E-state index >= 15 is 0 Å². The van der Waals surface area contributed by atoms with E-state index in [1.54, 1.807) is 19.2 Å². The van der Waals surface area contributed by atoms with Crippen LogP contribution in [-0.4, -0.2) is 46.1 Å². The minimum Gasteiger partial charge on any atom is -0.382 e. The van der Waals surface area contributed by atoms with E-state index in [1.165, 1.54) is 18.4 Å². The second-order valence-corrected chi connectivity index (χ2v) is 7.48. The van der Waals surface area contributed by atoms with Crippen molar-refractivity contribution in [3.8, 4) is 0 Å². The van der Waals surface area contributed by atoms with Crippen LogP contribution in [0, 0.1) is 0 Å². The number of ether oxygens (including phenoxy) is 1. The first kappa shape index (κ1) is 15.3. The number of nitrogens with one attached hydrogen (secondary N) is 1. The van der Waals surface area contributed by atoms with Crippen LogP contribution < -0.4 is 5.32 Å². The highest BCUT2D eigenvalue weighted by Crippen LogP contribution is 2.25. The van der Waals surface area contributed by atoms with Crippen LogP contribution in [-0.2, 0) is 14.8 Å². The quantitative estimate of drug-likeness (QED) is 0.902. The molecule has 2 rings (SSSR count). The number of sulfonamides is 1. The molecular weight excluding hydrogens is 276 g/mol. The molecular formula is C14H22N2O3S. The van der Waals surface area contributed by atoms with Crippen LogP contribution in [0.2, 0.25) is 0 Å². The van der Waals surface area contributed by atoms with Crippen LogP contribution in [0.5, 0.6) is 0 Å². The lowest BCUT2D eigenvalue weighted by molar-refractivity contribution is 0.108. The van der Waals surface area contributed by atoms with Gasteiger partial charge in [-0.15, -0.1) is 0 Å². The standard InChI is InChI=1S/C14H22N2O3S/c1-16(2)20(17,18)14-8-5-11(6-9-14)15-12-4-7-13(10-12)19-3/h5-6,8-9,12-13,15H,4,7,10H2,1-3H3. The Kier molecular flexibility index (Phi) is 4.67. The minimum absolute atomic E-state index is 0.314. The molecule has 1 saturated carbocycles. The summed E-state index contributed by atoms with van der Waals surface area (Å²) in [5, 5.41) is 3.42. The predicted molar refractivity (Wildman–Crippen MR) is 79.4 cm³/mol. The molecule has 0 bridgehead atoms. The third kappa shape index (κ3) is 3.31. The van der Waals surface area contributed by atoms with Crippen LogP contribution in [0.1, 0.15) is 19.3 Å². The normalized spacial score (nSPS) is 23.2. The second-order valence-electron chi connectivity index (χ2n) is 5.32. The van der Waals surface area contributed by atoms with Crippen molar-refractivity contribution < 1.29 is 13.2 Å². The Balaban J connectivity index is 2.03. The SMILES string of the molecule is COC1CCC(Nc2ccc(S(=O)(=O)N(C)C)cc2)C1. The summed E-state index contributed by atoms with van der Waals surface area (Å²) in [7, 11) is 1.46. The van der Waals surface area contributed by atoms with Crippen molar-refractivity contribution in [1.29, 1.82) is 0 Å². The maximum Gasteiger partial charge on any atom is 0.242 e.